The van der Waals surface area contributed by atoms with E-state index in [4.69, 9.17) is 4.42 Å². The van der Waals surface area contributed by atoms with E-state index < -0.39 is 0 Å². The molecule has 0 aromatic carbocycles. The van der Waals surface area contributed by atoms with E-state index >= 15 is 0 Å². The minimum Gasteiger partial charge on any atom is -0.440 e. The zero-order chi connectivity index (χ0) is 17.4. The molecule has 4 rings (SSSR count). The monoisotopic (exact) mass is 374 g/mol. The summed E-state index contributed by atoms with van der Waals surface area (Å²) >= 11 is 3.08. The Bertz CT molecular complexity index is 946. The highest BCUT2D eigenvalue weighted by Crippen LogP contribution is 2.27. The molecule has 3 aromatic heterocycles. The fourth-order valence-electron chi connectivity index (χ4n) is 2.98. The maximum atomic E-state index is 12.3. The quantitative estimate of drug-likeness (QED) is 0.559. The Kier molecular flexibility index (Phi) is 4.49. The van der Waals surface area contributed by atoms with Crippen LogP contribution in [0.2, 0.25) is 0 Å². The van der Waals surface area contributed by atoms with Gasteiger partial charge in [-0.15, -0.1) is 11.3 Å². The first-order chi connectivity index (χ1) is 12.1. The van der Waals surface area contributed by atoms with Gasteiger partial charge in [0.2, 0.25) is 5.89 Å². The smallest absolute Gasteiger partial charge is 0.256 e. The normalized spacial score (nSPS) is 14.6. The number of aryl methyl sites for hydroxylation is 1. The van der Waals surface area contributed by atoms with Crippen molar-refractivity contribution in [2.24, 2.45) is 0 Å². The summed E-state index contributed by atoms with van der Waals surface area (Å²) in [6.07, 6.45) is 2.69. The number of rotatable bonds is 4. The van der Waals surface area contributed by atoms with Gasteiger partial charge in [-0.3, -0.25) is 9.69 Å². The molecule has 25 heavy (non-hydrogen) atoms. The van der Waals surface area contributed by atoms with E-state index in [0.29, 0.717) is 24.1 Å². The molecule has 6 nitrogen and oxygen atoms in total. The lowest BCUT2D eigenvalue weighted by atomic mass is 10.1. The number of nitrogens with zero attached hydrogens (tertiary/aromatic N) is 3. The second kappa shape index (κ2) is 6.78. The molecule has 130 valence electrons. The zero-order valence-corrected chi connectivity index (χ0v) is 15.7. The average molecular weight is 374 g/mol. The molecule has 4 heterocycles. The SMILES string of the molecule is CSc1nc2c(c(=O)[nH]1)CN(Cc1nc(-c3cccs3)oc1C)CC2. The Morgan fingerprint density at radius 3 is 3.08 bits per heavy atom. The fourth-order valence-corrected chi connectivity index (χ4v) is 4.03. The van der Waals surface area contributed by atoms with Crippen molar-refractivity contribution in [3.05, 3.63) is 50.6 Å². The number of H-pyrrole nitrogens is 1. The van der Waals surface area contributed by atoms with E-state index in [1.165, 1.54) is 11.8 Å². The van der Waals surface area contributed by atoms with Crippen LogP contribution in [0.5, 0.6) is 0 Å². The van der Waals surface area contributed by atoms with Crippen molar-refractivity contribution in [2.45, 2.75) is 31.6 Å². The van der Waals surface area contributed by atoms with Crippen LogP contribution in [0.4, 0.5) is 0 Å². The number of aromatic amines is 1. The Hall–Kier alpha value is -1.90. The molecule has 0 saturated heterocycles. The highest BCUT2D eigenvalue weighted by molar-refractivity contribution is 7.98. The van der Waals surface area contributed by atoms with Crippen LogP contribution in [0.25, 0.3) is 10.8 Å². The van der Waals surface area contributed by atoms with Gasteiger partial charge in [-0.05, 0) is 24.6 Å². The van der Waals surface area contributed by atoms with Crippen molar-refractivity contribution in [2.75, 3.05) is 12.8 Å². The van der Waals surface area contributed by atoms with Gasteiger partial charge in [0.25, 0.3) is 5.56 Å². The molecule has 0 fully saturated rings. The summed E-state index contributed by atoms with van der Waals surface area (Å²) in [4.78, 5) is 27.6. The van der Waals surface area contributed by atoms with E-state index in [1.807, 2.05) is 30.7 Å². The molecule has 0 amide bonds. The van der Waals surface area contributed by atoms with Crippen molar-refractivity contribution in [3.8, 4) is 10.8 Å². The molecule has 1 aliphatic rings. The maximum Gasteiger partial charge on any atom is 0.256 e. The van der Waals surface area contributed by atoms with E-state index in [-0.39, 0.29) is 5.56 Å². The van der Waals surface area contributed by atoms with E-state index in [1.54, 1.807) is 11.3 Å². The third-order valence-corrected chi connectivity index (χ3v) is 5.76. The molecular weight excluding hydrogens is 356 g/mol. The molecule has 0 unspecified atom stereocenters. The molecule has 0 aliphatic carbocycles. The summed E-state index contributed by atoms with van der Waals surface area (Å²) in [5, 5.41) is 2.70. The second-order valence-corrected chi connectivity index (χ2v) is 7.70. The molecule has 0 radical (unpaired) electrons. The molecular formula is C17H18N4O2S2. The van der Waals surface area contributed by atoms with Gasteiger partial charge in [-0.25, -0.2) is 9.97 Å². The second-order valence-electron chi connectivity index (χ2n) is 5.96. The Balaban J connectivity index is 1.54. The Labute approximate surface area is 153 Å². The largest absolute Gasteiger partial charge is 0.440 e. The lowest BCUT2D eigenvalue weighted by Gasteiger charge is -2.26. The Morgan fingerprint density at radius 2 is 2.32 bits per heavy atom. The van der Waals surface area contributed by atoms with Crippen LogP contribution in [0.15, 0.2) is 31.9 Å². The van der Waals surface area contributed by atoms with Gasteiger partial charge in [0.15, 0.2) is 5.16 Å². The van der Waals surface area contributed by atoms with Crippen LogP contribution in [0.3, 0.4) is 0 Å². The van der Waals surface area contributed by atoms with Crippen LogP contribution in [-0.2, 0) is 19.5 Å². The molecule has 0 atom stereocenters. The van der Waals surface area contributed by atoms with Gasteiger partial charge in [-0.2, -0.15) is 0 Å². The fraction of sp³-hybridized carbons (Fsp3) is 0.353. The van der Waals surface area contributed by atoms with Gasteiger partial charge < -0.3 is 9.40 Å². The van der Waals surface area contributed by atoms with Gasteiger partial charge >= 0.3 is 0 Å². The number of aromatic nitrogens is 3. The van der Waals surface area contributed by atoms with Crippen molar-refractivity contribution >= 4 is 23.1 Å². The van der Waals surface area contributed by atoms with Crippen molar-refractivity contribution in [1.82, 2.24) is 19.9 Å². The summed E-state index contributed by atoms with van der Waals surface area (Å²) < 4.78 is 5.81. The van der Waals surface area contributed by atoms with Crippen molar-refractivity contribution < 1.29 is 4.42 Å². The standard InChI is InChI=1S/C17H18N4O2S2/c1-10-13(18-16(23-10)14-4-3-7-25-14)9-21-6-5-12-11(8-21)15(22)20-17(19-12)24-2/h3-4,7H,5-6,8-9H2,1-2H3,(H,19,20,22). The summed E-state index contributed by atoms with van der Waals surface area (Å²) in [6, 6.07) is 3.99. The summed E-state index contributed by atoms with van der Waals surface area (Å²) in [6.45, 7) is 4.06. The number of hydrogen-bond acceptors (Lipinski definition) is 7. The zero-order valence-electron chi connectivity index (χ0n) is 14.0. The first-order valence-electron chi connectivity index (χ1n) is 8.02. The van der Waals surface area contributed by atoms with Gasteiger partial charge in [0.05, 0.1) is 21.8 Å². The molecule has 8 heteroatoms. The number of fused-ring (bicyclic) bond motifs is 1. The lowest BCUT2D eigenvalue weighted by molar-refractivity contribution is 0.237. The minimum absolute atomic E-state index is 0.0322. The van der Waals surface area contributed by atoms with E-state index in [0.717, 1.165) is 40.6 Å². The first-order valence-corrected chi connectivity index (χ1v) is 10.1. The van der Waals surface area contributed by atoms with Crippen LogP contribution in [0.1, 0.15) is 22.7 Å². The average Bonchev–Trinajstić information content (AvgIpc) is 3.25. The number of thioether (sulfide) groups is 1. The highest BCUT2D eigenvalue weighted by Gasteiger charge is 2.23. The molecule has 3 aromatic rings. The predicted molar refractivity (Wildman–Crippen MR) is 99.0 cm³/mol. The molecule has 1 aliphatic heterocycles. The van der Waals surface area contributed by atoms with E-state index in [2.05, 4.69) is 19.9 Å². The molecule has 0 bridgehead atoms. The number of hydrogen-bond donors (Lipinski definition) is 1. The predicted octanol–water partition coefficient (Wildman–Crippen LogP) is 3.08. The van der Waals surface area contributed by atoms with Gasteiger partial charge in [0, 0.05) is 26.1 Å². The number of oxazole rings is 1. The number of nitrogens with one attached hydrogen (secondary N) is 1. The summed E-state index contributed by atoms with van der Waals surface area (Å²) in [5.74, 6) is 1.50. The highest BCUT2D eigenvalue weighted by atomic mass is 32.2. The van der Waals surface area contributed by atoms with Crippen molar-refractivity contribution in [1.29, 1.82) is 0 Å². The Morgan fingerprint density at radius 1 is 1.44 bits per heavy atom. The number of thiophene rings is 1. The maximum absolute atomic E-state index is 12.3. The molecule has 0 spiro atoms. The molecule has 1 N–H and O–H groups in total. The van der Waals surface area contributed by atoms with Gasteiger partial charge in [0.1, 0.15) is 5.76 Å². The first kappa shape index (κ1) is 16.6. The minimum atomic E-state index is -0.0322. The summed E-state index contributed by atoms with van der Waals surface area (Å²) in [5.41, 5.74) is 2.58. The third kappa shape index (κ3) is 3.29. The van der Waals surface area contributed by atoms with Crippen molar-refractivity contribution in [3.63, 3.8) is 0 Å². The van der Waals surface area contributed by atoms with Crippen LogP contribution in [0, 0.1) is 6.92 Å². The van der Waals surface area contributed by atoms with E-state index in [9.17, 15) is 4.79 Å². The molecule has 0 saturated carbocycles. The topological polar surface area (TPSA) is 75.0 Å². The van der Waals surface area contributed by atoms with Crippen LogP contribution < -0.4 is 5.56 Å². The van der Waals surface area contributed by atoms with Gasteiger partial charge in [-0.1, -0.05) is 17.8 Å². The summed E-state index contributed by atoms with van der Waals surface area (Å²) in [7, 11) is 0. The lowest BCUT2D eigenvalue weighted by Crippen LogP contribution is -2.35. The van der Waals surface area contributed by atoms with Crippen LogP contribution >= 0.6 is 23.1 Å². The van der Waals surface area contributed by atoms with Crippen LogP contribution in [-0.4, -0.2) is 32.7 Å². The third-order valence-electron chi connectivity index (χ3n) is 4.32.